The standard InChI is InChI=1S/C32H54F2N2O4.2ClH/c1-24(2)29-28-11-10-27(34)20-26(28)12-13-32(29,40-30(37)25(3)4)14-18-35(6)16-9-17-36(19-15-33)21-31(5,22-38-7)23-39-8;;/h10-11,20,24-25,29H,9,12-19,21-23H2,1-8H3;2*1H/t29-,32-;;/m0../s1. The lowest BCUT2D eigenvalue weighted by atomic mass is 9.65. The van der Waals surface area contributed by atoms with Gasteiger partial charge in [0.2, 0.25) is 0 Å². The Morgan fingerprint density at radius 1 is 1.07 bits per heavy atom. The molecule has 0 heterocycles. The molecule has 246 valence electrons. The monoisotopic (exact) mass is 640 g/mol. The lowest BCUT2D eigenvalue weighted by Crippen LogP contribution is -2.49. The quantitative estimate of drug-likeness (QED) is 0.169. The van der Waals surface area contributed by atoms with Gasteiger partial charge in [0.25, 0.3) is 0 Å². The summed E-state index contributed by atoms with van der Waals surface area (Å²) in [4.78, 5) is 17.4. The number of rotatable bonds is 18. The Balaban J connectivity index is 0.00000840. The van der Waals surface area contributed by atoms with E-state index in [0.717, 1.165) is 37.2 Å². The number of hydrogen-bond acceptors (Lipinski definition) is 6. The van der Waals surface area contributed by atoms with Gasteiger partial charge in [-0.2, -0.15) is 0 Å². The van der Waals surface area contributed by atoms with E-state index in [1.807, 2.05) is 19.9 Å². The summed E-state index contributed by atoms with van der Waals surface area (Å²) in [6.45, 7) is 14.3. The van der Waals surface area contributed by atoms with Gasteiger partial charge in [0.15, 0.2) is 0 Å². The second kappa shape index (κ2) is 19.4. The molecule has 42 heavy (non-hydrogen) atoms. The van der Waals surface area contributed by atoms with Crippen molar-refractivity contribution in [1.82, 2.24) is 9.80 Å². The molecular weight excluding hydrogens is 585 g/mol. The Bertz CT molecular complexity index is 919. The number of nitrogens with zero attached hydrogens (tertiary/aromatic N) is 2. The minimum absolute atomic E-state index is 0. The minimum atomic E-state index is -0.642. The van der Waals surface area contributed by atoms with Crippen LogP contribution in [0.15, 0.2) is 18.2 Å². The fourth-order valence-corrected chi connectivity index (χ4v) is 6.43. The molecular formula is C32H56Cl2F2N2O4. The van der Waals surface area contributed by atoms with E-state index >= 15 is 0 Å². The molecule has 0 saturated heterocycles. The maximum absolute atomic E-state index is 14.0. The zero-order chi connectivity index (χ0) is 29.9. The number of esters is 1. The Labute approximate surface area is 266 Å². The lowest BCUT2D eigenvalue weighted by molar-refractivity contribution is -0.171. The highest BCUT2D eigenvalue weighted by molar-refractivity contribution is 5.85. The molecule has 10 heteroatoms. The summed E-state index contributed by atoms with van der Waals surface area (Å²) in [6, 6.07) is 5.04. The van der Waals surface area contributed by atoms with Gasteiger partial charge in [-0.05, 0) is 68.6 Å². The third-order valence-electron chi connectivity index (χ3n) is 8.19. The van der Waals surface area contributed by atoms with E-state index in [2.05, 4.69) is 37.6 Å². The van der Waals surface area contributed by atoms with E-state index in [1.165, 1.54) is 6.07 Å². The van der Waals surface area contributed by atoms with Crippen molar-refractivity contribution in [2.24, 2.45) is 17.3 Å². The molecule has 0 amide bonds. The van der Waals surface area contributed by atoms with Crippen molar-refractivity contribution < 1.29 is 27.8 Å². The van der Waals surface area contributed by atoms with Crippen LogP contribution in [0.2, 0.25) is 0 Å². The van der Waals surface area contributed by atoms with Crippen molar-refractivity contribution in [2.45, 2.75) is 71.8 Å². The first kappa shape index (κ1) is 41.0. The van der Waals surface area contributed by atoms with E-state index in [0.29, 0.717) is 45.6 Å². The average molecular weight is 642 g/mol. The van der Waals surface area contributed by atoms with Gasteiger partial charge in [-0.25, -0.2) is 8.78 Å². The van der Waals surface area contributed by atoms with Crippen LogP contribution in [-0.2, 0) is 25.4 Å². The van der Waals surface area contributed by atoms with Gasteiger partial charge in [-0.15, -0.1) is 24.8 Å². The van der Waals surface area contributed by atoms with Gasteiger partial charge in [-0.3, -0.25) is 9.69 Å². The molecule has 2 rings (SSSR count). The number of aryl methyl sites for hydroxylation is 1. The van der Waals surface area contributed by atoms with Crippen LogP contribution in [0.25, 0.3) is 0 Å². The molecule has 2 atom stereocenters. The second-order valence-electron chi connectivity index (χ2n) is 12.8. The van der Waals surface area contributed by atoms with E-state index in [9.17, 15) is 13.6 Å². The molecule has 0 bridgehead atoms. The van der Waals surface area contributed by atoms with Crippen LogP contribution >= 0.6 is 24.8 Å². The summed E-state index contributed by atoms with van der Waals surface area (Å²) in [5.41, 5.74) is 1.27. The Morgan fingerprint density at radius 3 is 2.26 bits per heavy atom. The van der Waals surface area contributed by atoms with Gasteiger partial charge >= 0.3 is 5.97 Å². The van der Waals surface area contributed by atoms with Crippen LogP contribution in [-0.4, -0.2) is 95.2 Å². The predicted octanol–water partition coefficient (Wildman–Crippen LogP) is 6.58. The molecule has 0 N–H and O–H groups in total. The van der Waals surface area contributed by atoms with Crippen LogP contribution < -0.4 is 0 Å². The highest BCUT2D eigenvalue weighted by Crippen LogP contribution is 2.48. The number of hydrogen-bond donors (Lipinski definition) is 0. The minimum Gasteiger partial charge on any atom is -0.458 e. The number of carbonyl (C=O) groups excluding carboxylic acids is 1. The maximum Gasteiger partial charge on any atom is 0.308 e. The van der Waals surface area contributed by atoms with Gasteiger partial charge in [0.1, 0.15) is 18.1 Å². The van der Waals surface area contributed by atoms with Crippen LogP contribution in [0.5, 0.6) is 0 Å². The number of fused-ring (bicyclic) bond motifs is 1. The van der Waals surface area contributed by atoms with Crippen molar-refractivity contribution >= 4 is 30.8 Å². The van der Waals surface area contributed by atoms with Gasteiger partial charge in [-0.1, -0.05) is 40.7 Å². The molecule has 1 aromatic carbocycles. The summed E-state index contributed by atoms with van der Waals surface area (Å²) in [5.74, 6) is -0.416. The molecule has 1 aromatic rings. The summed E-state index contributed by atoms with van der Waals surface area (Å²) in [5, 5.41) is 0. The highest BCUT2D eigenvalue weighted by atomic mass is 35.5. The first-order valence-corrected chi connectivity index (χ1v) is 14.9. The third-order valence-corrected chi connectivity index (χ3v) is 8.19. The number of benzene rings is 1. The van der Waals surface area contributed by atoms with Crippen LogP contribution in [0.1, 0.15) is 70.9 Å². The van der Waals surface area contributed by atoms with E-state index in [4.69, 9.17) is 14.2 Å². The molecule has 1 aliphatic carbocycles. The van der Waals surface area contributed by atoms with Crippen molar-refractivity contribution in [2.75, 3.05) is 73.9 Å². The number of methoxy groups -OCH3 is 2. The predicted molar refractivity (Wildman–Crippen MR) is 171 cm³/mol. The molecule has 0 spiro atoms. The molecule has 0 unspecified atom stereocenters. The van der Waals surface area contributed by atoms with Gasteiger partial charge in [0, 0.05) is 51.6 Å². The molecule has 0 aliphatic heterocycles. The van der Waals surface area contributed by atoms with Crippen LogP contribution in [0.4, 0.5) is 8.78 Å². The fourth-order valence-electron chi connectivity index (χ4n) is 6.43. The van der Waals surface area contributed by atoms with Crippen molar-refractivity contribution in [3.63, 3.8) is 0 Å². The van der Waals surface area contributed by atoms with Crippen LogP contribution in [0.3, 0.4) is 0 Å². The maximum atomic E-state index is 14.0. The van der Waals surface area contributed by atoms with E-state index < -0.39 is 12.3 Å². The molecule has 1 aliphatic rings. The SMILES string of the molecule is COCC(C)(COC)CN(CCF)CCCN(C)CC[C@@]1(OC(=O)C(C)C)CCc2cc(F)ccc2[C@@H]1C(C)C.Cl.Cl. The third kappa shape index (κ3) is 11.8. The topological polar surface area (TPSA) is 51.2 Å². The van der Waals surface area contributed by atoms with Gasteiger partial charge in [0.05, 0.1) is 19.1 Å². The number of halogens is 4. The van der Waals surface area contributed by atoms with E-state index in [1.54, 1.807) is 20.3 Å². The molecule has 0 fully saturated rings. The van der Waals surface area contributed by atoms with Crippen LogP contribution in [0, 0.1) is 23.1 Å². The van der Waals surface area contributed by atoms with Crippen molar-refractivity contribution in [1.29, 1.82) is 0 Å². The smallest absolute Gasteiger partial charge is 0.308 e. The first-order chi connectivity index (χ1) is 18.9. The largest absolute Gasteiger partial charge is 0.458 e. The zero-order valence-electron chi connectivity index (χ0n) is 27.0. The lowest BCUT2D eigenvalue weighted by Gasteiger charge is -2.47. The fraction of sp³-hybridized carbons (Fsp3) is 0.781. The summed E-state index contributed by atoms with van der Waals surface area (Å²) >= 11 is 0. The second-order valence-corrected chi connectivity index (χ2v) is 12.8. The first-order valence-electron chi connectivity index (χ1n) is 14.9. The summed E-state index contributed by atoms with van der Waals surface area (Å²) in [7, 11) is 5.45. The van der Waals surface area contributed by atoms with Gasteiger partial charge < -0.3 is 19.1 Å². The normalized spacial score (nSPS) is 18.7. The molecule has 6 nitrogen and oxygen atoms in total. The van der Waals surface area contributed by atoms with E-state index in [-0.39, 0.29) is 59.8 Å². The van der Waals surface area contributed by atoms with Crippen molar-refractivity contribution in [3.05, 3.63) is 35.1 Å². The molecule has 0 saturated carbocycles. The Morgan fingerprint density at radius 2 is 1.71 bits per heavy atom. The zero-order valence-corrected chi connectivity index (χ0v) is 28.7. The van der Waals surface area contributed by atoms with Crippen molar-refractivity contribution in [3.8, 4) is 0 Å². The Hall–Kier alpha value is -1.03. The molecule has 0 aromatic heterocycles. The Kier molecular flexibility index (Phi) is 18.9. The number of carbonyl (C=O) groups is 1. The number of ether oxygens (including phenoxy) is 3. The average Bonchev–Trinajstić information content (AvgIpc) is 2.87. The number of alkyl halides is 1. The summed E-state index contributed by atoms with van der Waals surface area (Å²) in [6.07, 6.45) is 2.96. The molecule has 0 radical (unpaired) electrons. The summed E-state index contributed by atoms with van der Waals surface area (Å²) < 4.78 is 44.6. The highest BCUT2D eigenvalue weighted by Gasteiger charge is 2.48.